The zero-order valence-corrected chi connectivity index (χ0v) is 13.4. The zero-order valence-electron chi connectivity index (χ0n) is 11.0. The first kappa shape index (κ1) is 16.9. The van der Waals surface area contributed by atoms with Crippen molar-refractivity contribution in [3.8, 4) is 0 Å². The minimum Gasteiger partial charge on any atom is -0.383 e. The summed E-state index contributed by atoms with van der Waals surface area (Å²) in [4.78, 5) is 23.3. The second kappa shape index (κ2) is 8.94. The summed E-state index contributed by atoms with van der Waals surface area (Å²) in [5.41, 5.74) is 0.481. The van der Waals surface area contributed by atoms with Gasteiger partial charge in [0.1, 0.15) is 0 Å². The third-order valence-corrected chi connectivity index (χ3v) is 3.33. The lowest BCUT2D eigenvalue weighted by Crippen LogP contribution is -2.32. The maximum atomic E-state index is 11.9. The second-order valence-electron chi connectivity index (χ2n) is 3.97. The molecule has 0 radical (unpaired) electrons. The zero-order chi connectivity index (χ0) is 15.0. The summed E-state index contributed by atoms with van der Waals surface area (Å²) in [5, 5.41) is 5.90. The quantitative estimate of drug-likeness (QED) is 0.728. The van der Waals surface area contributed by atoms with Crippen molar-refractivity contribution in [2.75, 3.05) is 26.8 Å². The second-order valence-corrected chi connectivity index (χ2v) is 5.26. The molecule has 0 bridgehead atoms. The van der Waals surface area contributed by atoms with Gasteiger partial charge in [0.05, 0.1) is 12.2 Å². The summed E-state index contributed by atoms with van der Waals surface area (Å²) in [6.45, 7) is 1.20. The fourth-order valence-electron chi connectivity index (χ4n) is 1.44. The lowest BCUT2D eigenvalue weighted by molar-refractivity contribution is -0.121. The van der Waals surface area contributed by atoms with E-state index in [1.807, 2.05) is 0 Å². The third kappa shape index (κ3) is 5.90. The van der Waals surface area contributed by atoms with Gasteiger partial charge in [-0.2, -0.15) is 0 Å². The summed E-state index contributed by atoms with van der Waals surface area (Å²) in [6.07, 6.45) is 0.223. The molecule has 0 heterocycles. The van der Waals surface area contributed by atoms with Crippen LogP contribution in [0.5, 0.6) is 0 Å². The number of benzene rings is 1. The Labute approximate surface area is 131 Å². The Kier molecular flexibility index (Phi) is 7.58. The summed E-state index contributed by atoms with van der Waals surface area (Å²) in [6, 6.07) is 4.91. The number of hydrogen-bond acceptors (Lipinski definition) is 3. The van der Waals surface area contributed by atoms with Gasteiger partial charge in [-0.1, -0.05) is 11.6 Å². The number of halogens is 2. The van der Waals surface area contributed by atoms with Gasteiger partial charge in [-0.25, -0.2) is 0 Å². The number of amides is 2. The molecule has 0 saturated heterocycles. The molecule has 2 amide bonds. The van der Waals surface area contributed by atoms with Crippen LogP contribution in [0.25, 0.3) is 0 Å². The Bertz CT molecular complexity index is 483. The molecule has 0 fully saturated rings. The molecule has 1 aromatic rings. The van der Waals surface area contributed by atoms with Crippen LogP contribution in [0.4, 0.5) is 0 Å². The van der Waals surface area contributed by atoms with Gasteiger partial charge in [-0.15, -0.1) is 0 Å². The topological polar surface area (TPSA) is 67.4 Å². The molecular formula is C13H16BrClN2O3. The first-order chi connectivity index (χ1) is 9.54. The molecule has 0 unspecified atom stereocenters. The van der Waals surface area contributed by atoms with Crippen LogP contribution >= 0.6 is 27.5 Å². The van der Waals surface area contributed by atoms with E-state index in [1.54, 1.807) is 25.3 Å². The third-order valence-electron chi connectivity index (χ3n) is 2.44. The highest BCUT2D eigenvalue weighted by atomic mass is 79.9. The van der Waals surface area contributed by atoms with Crippen molar-refractivity contribution in [3.05, 3.63) is 33.3 Å². The molecule has 7 heteroatoms. The Balaban J connectivity index is 2.34. The van der Waals surface area contributed by atoms with Crippen LogP contribution in [-0.4, -0.2) is 38.6 Å². The van der Waals surface area contributed by atoms with Crippen molar-refractivity contribution in [1.29, 1.82) is 0 Å². The van der Waals surface area contributed by atoms with Crippen molar-refractivity contribution >= 4 is 39.3 Å². The van der Waals surface area contributed by atoms with Crippen molar-refractivity contribution in [2.24, 2.45) is 0 Å². The van der Waals surface area contributed by atoms with Crippen molar-refractivity contribution in [1.82, 2.24) is 10.6 Å². The predicted octanol–water partition coefficient (Wildman–Crippen LogP) is 1.99. The monoisotopic (exact) mass is 362 g/mol. The Morgan fingerprint density at radius 2 is 2.05 bits per heavy atom. The molecule has 110 valence electrons. The van der Waals surface area contributed by atoms with Gasteiger partial charge < -0.3 is 15.4 Å². The number of carbonyl (C=O) groups excluding carboxylic acids is 2. The van der Waals surface area contributed by atoms with E-state index >= 15 is 0 Å². The summed E-state index contributed by atoms with van der Waals surface area (Å²) < 4.78 is 5.43. The Hall–Kier alpha value is -1.11. The molecule has 0 aliphatic heterocycles. The summed E-state index contributed by atoms with van der Waals surface area (Å²) in [7, 11) is 1.57. The molecule has 0 saturated carbocycles. The van der Waals surface area contributed by atoms with Crippen molar-refractivity contribution in [3.63, 3.8) is 0 Å². The van der Waals surface area contributed by atoms with Gasteiger partial charge in [0.25, 0.3) is 5.91 Å². The summed E-state index contributed by atoms with van der Waals surface area (Å²) in [5.74, 6) is -0.379. The molecule has 1 rings (SSSR count). The van der Waals surface area contributed by atoms with Crippen LogP contribution in [-0.2, 0) is 9.53 Å². The minimum atomic E-state index is -0.252. The van der Waals surface area contributed by atoms with E-state index < -0.39 is 0 Å². The van der Waals surface area contributed by atoms with Gasteiger partial charge >= 0.3 is 0 Å². The van der Waals surface area contributed by atoms with Crippen molar-refractivity contribution in [2.45, 2.75) is 6.42 Å². The molecule has 2 N–H and O–H groups in total. The lowest BCUT2D eigenvalue weighted by Gasteiger charge is -2.08. The largest absolute Gasteiger partial charge is 0.383 e. The van der Waals surface area contributed by atoms with E-state index in [1.165, 1.54) is 0 Å². The molecule has 0 spiro atoms. The standard InChI is InChI=1S/C13H16BrClN2O3/c1-20-7-6-16-12(18)4-5-17-13(19)10-3-2-9(15)8-11(10)14/h2-3,8H,4-7H2,1H3,(H,16,18)(H,17,19). The highest BCUT2D eigenvalue weighted by molar-refractivity contribution is 9.10. The molecule has 0 aliphatic carbocycles. The number of nitrogens with one attached hydrogen (secondary N) is 2. The highest BCUT2D eigenvalue weighted by Gasteiger charge is 2.10. The average molecular weight is 364 g/mol. The van der Waals surface area contributed by atoms with Gasteiger partial charge in [0.15, 0.2) is 0 Å². The van der Waals surface area contributed by atoms with E-state index in [0.29, 0.717) is 28.2 Å². The number of methoxy groups -OCH3 is 1. The maximum absolute atomic E-state index is 11.9. The van der Waals surface area contributed by atoms with Gasteiger partial charge in [-0.3, -0.25) is 9.59 Å². The lowest BCUT2D eigenvalue weighted by atomic mass is 10.2. The van der Waals surface area contributed by atoms with Crippen LogP contribution < -0.4 is 10.6 Å². The molecule has 20 heavy (non-hydrogen) atoms. The number of rotatable bonds is 7. The molecule has 0 atom stereocenters. The minimum absolute atomic E-state index is 0.127. The fourth-order valence-corrected chi connectivity index (χ4v) is 2.30. The van der Waals surface area contributed by atoms with E-state index in [0.717, 1.165) is 0 Å². The van der Waals surface area contributed by atoms with Crippen molar-refractivity contribution < 1.29 is 14.3 Å². The van der Waals surface area contributed by atoms with Gasteiger partial charge in [-0.05, 0) is 34.1 Å². The van der Waals surface area contributed by atoms with Gasteiger partial charge in [0.2, 0.25) is 5.91 Å². The maximum Gasteiger partial charge on any atom is 0.252 e. The summed E-state index contributed by atoms with van der Waals surface area (Å²) >= 11 is 9.08. The van der Waals surface area contributed by atoms with Gasteiger partial charge in [0, 0.05) is 36.1 Å². The van der Waals surface area contributed by atoms with Crippen LogP contribution in [0, 0.1) is 0 Å². The molecule has 0 aromatic heterocycles. The molecule has 5 nitrogen and oxygen atoms in total. The van der Waals surface area contributed by atoms with Crippen LogP contribution in [0.3, 0.4) is 0 Å². The molecular weight excluding hydrogens is 348 g/mol. The predicted molar refractivity (Wildman–Crippen MR) is 81.0 cm³/mol. The molecule has 1 aromatic carbocycles. The van der Waals surface area contributed by atoms with E-state index in [-0.39, 0.29) is 24.8 Å². The van der Waals surface area contributed by atoms with E-state index in [2.05, 4.69) is 26.6 Å². The van der Waals surface area contributed by atoms with E-state index in [4.69, 9.17) is 16.3 Å². The average Bonchev–Trinajstić information content (AvgIpc) is 2.38. The first-order valence-electron chi connectivity index (χ1n) is 6.03. The SMILES string of the molecule is COCCNC(=O)CCNC(=O)c1ccc(Cl)cc1Br. The fraction of sp³-hybridized carbons (Fsp3) is 0.385. The Morgan fingerprint density at radius 1 is 1.30 bits per heavy atom. The number of carbonyl (C=O) groups is 2. The Morgan fingerprint density at radius 3 is 2.70 bits per heavy atom. The number of hydrogen-bond donors (Lipinski definition) is 2. The van der Waals surface area contributed by atoms with Crippen LogP contribution in [0.2, 0.25) is 5.02 Å². The normalized spacial score (nSPS) is 10.2. The highest BCUT2D eigenvalue weighted by Crippen LogP contribution is 2.21. The molecule has 0 aliphatic rings. The van der Waals surface area contributed by atoms with Crippen LogP contribution in [0.15, 0.2) is 22.7 Å². The first-order valence-corrected chi connectivity index (χ1v) is 7.20. The van der Waals surface area contributed by atoms with E-state index in [9.17, 15) is 9.59 Å². The van der Waals surface area contributed by atoms with Crippen LogP contribution in [0.1, 0.15) is 16.8 Å². The number of ether oxygens (including phenoxy) is 1. The smallest absolute Gasteiger partial charge is 0.252 e.